The van der Waals surface area contributed by atoms with E-state index in [1.165, 1.54) is 0 Å². The summed E-state index contributed by atoms with van der Waals surface area (Å²) in [5.74, 6) is 0.149. The van der Waals surface area contributed by atoms with E-state index in [2.05, 4.69) is 6.42 Å². The summed E-state index contributed by atoms with van der Waals surface area (Å²) < 4.78 is 0. The number of nitrogens with zero attached hydrogens (tertiary/aromatic N) is 1. The lowest BCUT2D eigenvalue weighted by Gasteiger charge is -2.13. The Kier molecular flexibility index (Phi) is 4.99. The summed E-state index contributed by atoms with van der Waals surface area (Å²) in [5.41, 5.74) is 0. The summed E-state index contributed by atoms with van der Waals surface area (Å²) in [7, 11) is 1.83. The third kappa shape index (κ3) is 4.36. The summed E-state index contributed by atoms with van der Waals surface area (Å²) in [6.07, 6.45) is 4.29. The number of carbonyl (C=O) groups excluding carboxylic acids is 1. The van der Waals surface area contributed by atoms with Gasteiger partial charge in [-0.25, -0.2) is 0 Å². The van der Waals surface area contributed by atoms with Crippen LogP contribution in [-0.4, -0.2) is 24.4 Å². The Bertz CT molecular complexity index is 101. The number of hydrogen-bond acceptors (Lipinski definition) is 1. The van der Waals surface area contributed by atoms with Crippen molar-refractivity contribution in [2.75, 3.05) is 13.6 Å². The quantitative estimate of drug-likeness (QED) is 0.544. The Morgan fingerprint density at radius 2 is 2.20 bits per heavy atom. The molecule has 0 atom stereocenters. The summed E-state index contributed by atoms with van der Waals surface area (Å²) in [5, 5.41) is 0. The first-order chi connectivity index (χ1) is 4.68. The standard InChI is InChI=1S/C8H16NO/c1-4-5-6-7-9(3)8(2)10/h4H,5-7H2,1-3H3. The van der Waals surface area contributed by atoms with Crippen LogP contribution < -0.4 is 0 Å². The van der Waals surface area contributed by atoms with Crippen molar-refractivity contribution in [2.24, 2.45) is 0 Å². The first-order valence-electron chi connectivity index (χ1n) is 3.68. The second-order valence-electron chi connectivity index (χ2n) is 2.49. The predicted octanol–water partition coefficient (Wildman–Crippen LogP) is 1.47. The van der Waals surface area contributed by atoms with Gasteiger partial charge in [0.05, 0.1) is 0 Å². The molecule has 0 fully saturated rings. The minimum Gasteiger partial charge on any atom is -0.346 e. The van der Waals surface area contributed by atoms with Crippen molar-refractivity contribution < 1.29 is 4.79 Å². The van der Waals surface area contributed by atoms with E-state index in [0.717, 1.165) is 19.4 Å². The Morgan fingerprint density at radius 1 is 1.60 bits per heavy atom. The molecule has 2 nitrogen and oxygen atoms in total. The van der Waals surface area contributed by atoms with Gasteiger partial charge in [0, 0.05) is 20.5 Å². The smallest absolute Gasteiger partial charge is 0.219 e. The van der Waals surface area contributed by atoms with Crippen molar-refractivity contribution in [3.05, 3.63) is 6.42 Å². The summed E-state index contributed by atoms with van der Waals surface area (Å²) in [4.78, 5) is 12.4. The molecular formula is C8H16NO. The topological polar surface area (TPSA) is 20.3 Å². The fourth-order valence-corrected chi connectivity index (χ4v) is 0.690. The first-order valence-corrected chi connectivity index (χ1v) is 3.68. The normalized spacial score (nSPS) is 9.50. The van der Waals surface area contributed by atoms with Gasteiger partial charge in [0.1, 0.15) is 0 Å². The van der Waals surface area contributed by atoms with Gasteiger partial charge < -0.3 is 4.90 Å². The molecule has 0 heterocycles. The van der Waals surface area contributed by atoms with Crippen LogP contribution in [0, 0.1) is 6.42 Å². The predicted molar refractivity (Wildman–Crippen MR) is 42.5 cm³/mol. The molecule has 0 aromatic rings. The van der Waals surface area contributed by atoms with E-state index in [4.69, 9.17) is 0 Å². The molecule has 0 aromatic heterocycles. The van der Waals surface area contributed by atoms with Crippen LogP contribution in [-0.2, 0) is 4.79 Å². The summed E-state index contributed by atoms with van der Waals surface area (Å²) >= 11 is 0. The van der Waals surface area contributed by atoms with Gasteiger partial charge in [0.2, 0.25) is 5.91 Å². The summed E-state index contributed by atoms with van der Waals surface area (Å²) in [6.45, 7) is 4.50. The van der Waals surface area contributed by atoms with Gasteiger partial charge in [-0.3, -0.25) is 4.79 Å². The van der Waals surface area contributed by atoms with Crippen LogP contribution in [0.5, 0.6) is 0 Å². The van der Waals surface area contributed by atoms with Crippen molar-refractivity contribution in [2.45, 2.75) is 26.7 Å². The minimum absolute atomic E-state index is 0.149. The van der Waals surface area contributed by atoms with Crippen LogP contribution in [0.4, 0.5) is 0 Å². The molecule has 2 heteroatoms. The zero-order valence-electron chi connectivity index (χ0n) is 7.05. The fraction of sp³-hybridized carbons (Fsp3) is 0.750. The van der Waals surface area contributed by atoms with Crippen LogP contribution in [0.3, 0.4) is 0 Å². The van der Waals surface area contributed by atoms with E-state index in [0.29, 0.717) is 0 Å². The minimum atomic E-state index is 0.149. The maximum absolute atomic E-state index is 10.7. The highest BCUT2D eigenvalue weighted by Gasteiger charge is 1.98. The van der Waals surface area contributed by atoms with Crippen molar-refractivity contribution in [1.82, 2.24) is 4.90 Å². The number of unbranched alkanes of at least 4 members (excludes halogenated alkanes) is 2. The second kappa shape index (κ2) is 5.27. The monoisotopic (exact) mass is 142 g/mol. The number of rotatable bonds is 4. The highest BCUT2D eigenvalue weighted by molar-refractivity contribution is 5.72. The first kappa shape index (κ1) is 9.47. The van der Waals surface area contributed by atoms with E-state index in [-0.39, 0.29) is 5.91 Å². The van der Waals surface area contributed by atoms with Crippen molar-refractivity contribution in [3.63, 3.8) is 0 Å². The molecule has 0 saturated carbocycles. The summed E-state index contributed by atoms with van der Waals surface area (Å²) in [6, 6.07) is 0. The molecule has 0 spiro atoms. The molecule has 10 heavy (non-hydrogen) atoms. The highest BCUT2D eigenvalue weighted by atomic mass is 16.2. The molecule has 0 rings (SSSR count). The lowest BCUT2D eigenvalue weighted by Crippen LogP contribution is -2.24. The third-order valence-corrected chi connectivity index (χ3v) is 1.52. The van der Waals surface area contributed by atoms with Crippen LogP contribution >= 0.6 is 0 Å². The lowest BCUT2D eigenvalue weighted by atomic mass is 10.2. The molecule has 0 bridgehead atoms. The third-order valence-electron chi connectivity index (χ3n) is 1.52. The zero-order valence-corrected chi connectivity index (χ0v) is 7.05. The van der Waals surface area contributed by atoms with Crippen LogP contribution in [0.15, 0.2) is 0 Å². The molecule has 1 amide bonds. The highest BCUT2D eigenvalue weighted by Crippen LogP contribution is 1.94. The SMILES string of the molecule is C[CH]CCCN(C)C(C)=O. The van der Waals surface area contributed by atoms with Gasteiger partial charge in [-0.2, -0.15) is 0 Å². The molecule has 0 N–H and O–H groups in total. The average Bonchev–Trinajstić information content (AvgIpc) is 1.88. The van der Waals surface area contributed by atoms with Gasteiger partial charge >= 0.3 is 0 Å². The Labute approximate surface area is 63.2 Å². The van der Waals surface area contributed by atoms with E-state index < -0.39 is 0 Å². The number of amides is 1. The van der Waals surface area contributed by atoms with E-state index >= 15 is 0 Å². The Hall–Kier alpha value is -0.530. The van der Waals surface area contributed by atoms with Crippen molar-refractivity contribution in [1.29, 1.82) is 0 Å². The largest absolute Gasteiger partial charge is 0.346 e. The molecule has 0 saturated heterocycles. The molecule has 0 unspecified atom stereocenters. The van der Waals surface area contributed by atoms with Crippen molar-refractivity contribution >= 4 is 5.91 Å². The van der Waals surface area contributed by atoms with Crippen LogP contribution in [0.1, 0.15) is 26.7 Å². The Balaban J connectivity index is 3.21. The van der Waals surface area contributed by atoms with Gasteiger partial charge in [-0.15, -0.1) is 0 Å². The fourth-order valence-electron chi connectivity index (χ4n) is 0.690. The number of carbonyl (C=O) groups is 1. The van der Waals surface area contributed by atoms with Crippen molar-refractivity contribution in [3.8, 4) is 0 Å². The molecular weight excluding hydrogens is 126 g/mol. The molecule has 0 aliphatic carbocycles. The van der Waals surface area contributed by atoms with Gasteiger partial charge in [-0.05, 0) is 19.3 Å². The molecule has 1 radical (unpaired) electrons. The molecule has 59 valence electrons. The maximum atomic E-state index is 10.7. The van der Waals surface area contributed by atoms with E-state index in [9.17, 15) is 4.79 Å². The molecule has 0 aliphatic heterocycles. The van der Waals surface area contributed by atoms with E-state index in [1.807, 2.05) is 14.0 Å². The second-order valence-corrected chi connectivity index (χ2v) is 2.49. The average molecular weight is 142 g/mol. The zero-order chi connectivity index (χ0) is 7.98. The van der Waals surface area contributed by atoms with Gasteiger partial charge in [0.25, 0.3) is 0 Å². The lowest BCUT2D eigenvalue weighted by molar-refractivity contribution is -0.127. The molecule has 0 aromatic carbocycles. The van der Waals surface area contributed by atoms with E-state index in [1.54, 1.807) is 11.8 Å². The van der Waals surface area contributed by atoms with Gasteiger partial charge in [0.15, 0.2) is 0 Å². The van der Waals surface area contributed by atoms with Crippen LogP contribution in [0.2, 0.25) is 0 Å². The Morgan fingerprint density at radius 3 is 2.60 bits per heavy atom. The molecule has 0 aliphatic rings. The number of hydrogen-bond donors (Lipinski definition) is 0. The maximum Gasteiger partial charge on any atom is 0.219 e. The van der Waals surface area contributed by atoms with Gasteiger partial charge in [-0.1, -0.05) is 6.92 Å². The van der Waals surface area contributed by atoms with Crippen LogP contribution in [0.25, 0.3) is 0 Å².